The van der Waals surface area contributed by atoms with Gasteiger partial charge < -0.3 is 5.32 Å². The summed E-state index contributed by atoms with van der Waals surface area (Å²) in [7, 11) is -3.94. The molecule has 0 aromatic heterocycles. The molecule has 22 heavy (non-hydrogen) atoms. The maximum Gasteiger partial charge on any atom is 0.417 e. The Labute approximate surface area is 126 Å². The van der Waals surface area contributed by atoms with Crippen molar-refractivity contribution < 1.29 is 21.6 Å². The van der Waals surface area contributed by atoms with Gasteiger partial charge in [0, 0.05) is 6.54 Å². The fourth-order valence-electron chi connectivity index (χ4n) is 2.23. The maximum absolute atomic E-state index is 12.7. The van der Waals surface area contributed by atoms with Gasteiger partial charge >= 0.3 is 6.18 Å². The SMILES string of the molecule is N#Cc1cc(S(=O)(=O)NCC2CCNC2)ccc1C(F)(F)F. The minimum atomic E-state index is -4.70. The number of rotatable bonds is 4. The van der Waals surface area contributed by atoms with E-state index in [1.54, 1.807) is 0 Å². The highest BCUT2D eigenvalue weighted by Gasteiger charge is 2.34. The number of sulfonamides is 1. The van der Waals surface area contributed by atoms with E-state index >= 15 is 0 Å². The highest BCUT2D eigenvalue weighted by Crippen LogP contribution is 2.32. The van der Waals surface area contributed by atoms with Crippen LogP contribution in [0.2, 0.25) is 0 Å². The molecule has 0 spiro atoms. The standard InChI is InChI=1S/C13H14F3N3O2S/c14-13(15,16)12-2-1-11(5-10(12)6-17)22(20,21)19-8-9-3-4-18-7-9/h1-2,5,9,18-19H,3-4,7-8H2. The predicted molar refractivity (Wildman–Crippen MR) is 72.3 cm³/mol. The number of hydrogen-bond acceptors (Lipinski definition) is 4. The first-order valence-electron chi connectivity index (χ1n) is 6.56. The first-order chi connectivity index (χ1) is 10.2. The molecule has 1 fully saturated rings. The van der Waals surface area contributed by atoms with Crippen LogP contribution < -0.4 is 10.0 Å². The van der Waals surface area contributed by atoms with Gasteiger partial charge in [-0.1, -0.05) is 0 Å². The molecule has 0 aliphatic carbocycles. The van der Waals surface area contributed by atoms with E-state index in [4.69, 9.17) is 5.26 Å². The Morgan fingerprint density at radius 3 is 2.68 bits per heavy atom. The molecule has 0 bridgehead atoms. The van der Waals surface area contributed by atoms with Crippen molar-refractivity contribution >= 4 is 10.0 Å². The number of hydrogen-bond donors (Lipinski definition) is 2. The van der Waals surface area contributed by atoms with Gasteiger partial charge in [-0.05, 0) is 43.6 Å². The maximum atomic E-state index is 12.7. The van der Waals surface area contributed by atoms with E-state index in [0.717, 1.165) is 25.1 Å². The molecule has 1 unspecified atom stereocenters. The second-order valence-electron chi connectivity index (χ2n) is 5.03. The quantitative estimate of drug-likeness (QED) is 0.874. The minimum absolute atomic E-state index is 0.152. The summed E-state index contributed by atoms with van der Waals surface area (Å²) in [5.74, 6) is 0.152. The number of nitrogens with one attached hydrogen (secondary N) is 2. The minimum Gasteiger partial charge on any atom is -0.316 e. The van der Waals surface area contributed by atoms with Crippen molar-refractivity contribution in [2.24, 2.45) is 5.92 Å². The van der Waals surface area contributed by atoms with Crippen molar-refractivity contribution in [3.8, 4) is 6.07 Å². The van der Waals surface area contributed by atoms with Crippen LogP contribution in [0.15, 0.2) is 23.1 Å². The van der Waals surface area contributed by atoms with Crippen molar-refractivity contribution in [2.45, 2.75) is 17.5 Å². The molecule has 0 saturated carbocycles. The van der Waals surface area contributed by atoms with Gasteiger partial charge in [0.25, 0.3) is 0 Å². The van der Waals surface area contributed by atoms with Crippen LogP contribution in [0.3, 0.4) is 0 Å². The van der Waals surface area contributed by atoms with Crippen LogP contribution in [0.4, 0.5) is 13.2 Å². The molecule has 1 aliphatic rings. The second kappa shape index (κ2) is 6.24. The number of halogens is 3. The molecular weight excluding hydrogens is 319 g/mol. The van der Waals surface area contributed by atoms with E-state index in [2.05, 4.69) is 10.0 Å². The van der Waals surface area contributed by atoms with Crippen molar-refractivity contribution in [2.75, 3.05) is 19.6 Å². The number of nitriles is 1. The monoisotopic (exact) mass is 333 g/mol. The predicted octanol–water partition coefficient (Wildman–Crippen LogP) is 1.46. The van der Waals surface area contributed by atoms with Gasteiger partial charge in [0.05, 0.1) is 22.1 Å². The highest BCUT2D eigenvalue weighted by atomic mass is 32.2. The Morgan fingerprint density at radius 2 is 2.14 bits per heavy atom. The summed E-state index contributed by atoms with van der Waals surface area (Å²) in [5.41, 5.74) is -1.85. The zero-order valence-electron chi connectivity index (χ0n) is 11.4. The van der Waals surface area contributed by atoms with Crippen molar-refractivity contribution in [1.82, 2.24) is 10.0 Å². The normalized spacial score (nSPS) is 19.1. The second-order valence-corrected chi connectivity index (χ2v) is 6.79. The largest absolute Gasteiger partial charge is 0.417 e. The lowest BCUT2D eigenvalue weighted by Gasteiger charge is -2.13. The lowest BCUT2D eigenvalue weighted by atomic mass is 10.1. The van der Waals surface area contributed by atoms with E-state index < -0.39 is 27.3 Å². The Balaban J connectivity index is 2.22. The van der Waals surface area contributed by atoms with Crippen LogP contribution in [0, 0.1) is 17.2 Å². The highest BCUT2D eigenvalue weighted by molar-refractivity contribution is 7.89. The molecule has 0 amide bonds. The van der Waals surface area contributed by atoms with Crippen molar-refractivity contribution in [3.05, 3.63) is 29.3 Å². The van der Waals surface area contributed by atoms with E-state index in [1.807, 2.05) is 0 Å². The molecule has 0 radical (unpaired) electrons. The number of alkyl halides is 3. The summed E-state index contributed by atoms with van der Waals surface area (Å²) in [6, 6.07) is 3.61. The van der Waals surface area contributed by atoms with Crippen molar-refractivity contribution in [3.63, 3.8) is 0 Å². The van der Waals surface area contributed by atoms with Gasteiger partial charge in [0.1, 0.15) is 0 Å². The van der Waals surface area contributed by atoms with Gasteiger partial charge in [-0.2, -0.15) is 18.4 Å². The molecule has 2 rings (SSSR count). The molecule has 1 aromatic carbocycles. The summed E-state index contributed by atoms with van der Waals surface area (Å²) < 4.78 is 64.6. The molecule has 1 aliphatic heterocycles. The third kappa shape index (κ3) is 3.76. The molecule has 1 saturated heterocycles. The number of benzene rings is 1. The van der Waals surface area contributed by atoms with Crippen LogP contribution in [0.1, 0.15) is 17.5 Å². The van der Waals surface area contributed by atoms with Gasteiger partial charge in [-0.25, -0.2) is 13.1 Å². The zero-order chi connectivity index (χ0) is 16.4. The fraction of sp³-hybridized carbons (Fsp3) is 0.462. The van der Waals surface area contributed by atoms with Crippen LogP contribution in [-0.2, 0) is 16.2 Å². The first-order valence-corrected chi connectivity index (χ1v) is 8.04. The van der Waals surface area contributed by atoms with Crippen LogP contribution >= 0.6 is 0 Å². The van der Waals surface area contributed by atoms with E-state index in [9.17, 15) is 21.6 Å². The zero-order valence-corrected chi connectivity index (χ0v) is 12.3. The molecule has 1 atom stereocenters. The van der Waals surface area contributed by atoms with Crippen LogP contribution in [0.25, 0.3) is 0 Å². The van der Waals surface area contributed by atoms with Gasteiger partial charge in [0.15, 0.2) is 0 Å². The molecule has 120 valence electrons. The Kier molecular flexibility index (Phi) is 4.75. The summed E-state index contributed by atoms with van der Waals surface area (Å²) in [4.78, 5) is -0.344. The third-order valence-corrected chi connectivity index (χ3v) is 4.87. The molecule has 1 heterocycles. The molecular formula is C13H14F3N3O2S. The Bertz CT molecular complexity index is 689. The summed E-state index contributed by atoms with van der Waals surface area (Å²) in [6.07, 6.45) is -3.87. The average molecular weight is 333 g/mol. The third-order valence-electron chi connectivity index (χ3n) is 3.45. The fourth-order valence-corrected chi connectivity index (χ4v) is 3.37. The summed E-state index contributed by atoms with van der Waals surface area (Å²) >= 11 is 0. The molecule has 5 nitrogen and oxygen atoms in total. The Morgan fingerprint density at radius 1 is 1.41 bits per heavy atom. The molecule has 1 aromatic rings. The van der Waals surface area contributed by atoms with Gasteiger partial charge in [-0.15, -0.1) is 0 Å². The topological polar surface area (TPSA) is 82.0 Å². The smallest absolute Gasteiger partial charge is 0.316 e. The lowest BCUT2D eigenvalue weighted by molar-refractivity contribution is -0.137. The number of nitrogens with zero attached hydrogens (tertiary/aromatic N) is 1. The van der Waals surface area contributed by atoms with Crippen molar-refractivity contribution in [1.29, 1.82) is 5.26 Å². The summed E-state index contributed by atoms with van der Waals surface area (Å²) in [6.45, 7) is 1.71. The Hall–Kier alpha value is -1.63. The van der Waals surface area contributed by atoms with Gasteiger partial charge in [-0.3, -0.25) is 0 Å². The van der Waals surface area contributed by atoms with E-state index in [-0.39, 0.29) is 17.4 Å². The van der Waals surface area contributed by atoms with Gasteiger partial charge in [0.2, 0.25) is 10.0 Å². The first kappa shape index (κ1) is 16.7. The lowest BCUT2D eigenvalue weighted by Crippen LogP contribution is -2.30. The summed E-state index contributed by atoms with van der Waals surface area (Å²) in [5, 5.41) is 11.9. The van der Waals surface area contributed by atoms with E-state index in [1.165, 1.54) is 6.07 Å². The van der Waals surface area contributed by atoms with Crippen LogP contribution in [-0.4, -0.2) is 28.1 Å². The van der Waals surface area contributed by atoms with E-state index in [0.29, 0.717) is 12.6 Å². The average Bonchev–Trinajstić information content (AvgIpc) is 2.97. The molecule has 2 N–H and O–H groups in total. The van der Waals surface area contributed by atoms with Crippen LogP contribution in [0.5, 0.6) is 0 Å². The molecule has 9 heteroatoms.